The van der Waals surface area contributed by atoms with Crippen molar-refractivity contribution in [2.45, 2.75) is 13.2 Å². The molecule has 2 nitrogen and oxygen atoms in total. The molecule has 0 fully saturated rings. The number of halogens is 3. The van der Waals surface area contributed by atoms with E-state index >= 15 is 0 Å². The van der Waals surface area contributed by atoms with Crippen LogP contribution in [0.1, 0.15) is 11.1 Å². The SMILES string of the molecule is Clc1ccc(NCc2ccc(OCc3ccccc3)c(Cl)c2)c(Cl)c1. The summed E-state index contributed by atoms with van der Waals surface area (Å²) in [6.07, 6.45) is 0. The van der Waals surface area contributed by atoms with Crippen molar-refractivity contribution in [3.63, 3.8) is 0 Å². The summed E-state index contributed by atoms with van der Waals surface area (Å²) in [7, 11) is 0. The van der Waals surface area contributed by atoms with Crippen LogP contribution in [0, 0.1) is 0 Å². The van der Waals surface area contributed by atoms with Gasteiger partial charge in [0, 0.05) is 11.6 Å². The first-order chi connectivity index (χ1) is 12.1. The van der Waals surface area contributed by atoms with Gasteiger partial charge in [-0.15, -0.1) is 0 Å². The van der Waals surface area contributed by atoms with Crippen LogP contribution < -0.4 is 10.1 Å². The zero-order valence-electron chi connectivity index (χ0n) is 13.3. The molecular formula is C20H16Cl3NO. The fraction of sp³-hybridized carbons (Fsp3) is 0.100. The van der Waals surface area contributed by atoms with Gasteiger partial charge in [0.1, 0.15) is 12.4 Å². The number of hydrogen-bond acceptors (Lipinski definition) is 2. The molecule has 0 spiro atoms. The summed E-state index contributed by atoms with van der Waals surface area (Å²) in [6, 6.07) is 21.1. The number of benzene rings is 3. The summed E-state index contributed by atoms with van der Waals surface area (Å²) >= 11 is 18.4. The van der Waals surface area contributed by atoms with Gasteiger partial charge in [-0.05, 0) is 41.5 Å². The molecule has 128 valence electrons. The van der Waals surface area contributed by atoms with Gasteiger partial charge in [-0.25, -0.2) is 0 Å². The average molecular weight is 393 g/mol. The summed E-state index contributed by atoms with van der Waals surface area (Å²) in [5, 5.41) is 5.05. The highest BCUT2D eigenvalue weighted by Crippen LogP contribution is 2.28. The lowest BCUT2D eigenvalue weighted by Gasteiger charge is -2.12. The van der Waals surface area contributed by atoms with E-state index in [9.17, 15) is 0 Å². The number of nitrogens with one attached hydrogen (secondary N) is 1. The van der Waals surface area contributed by atoms with Gasteiger partial charge in [0.2, 0.25) is 0 Å². The first kappa shape index (κ1) is 17.9. The lowest BCUT2D eigenvalue weighted by molar-refractivity contribution is 0.306. The summed E-state index contributed by atoms with van der Waals surface area (Å²) in [4.78, 5) is 0. The molecule has 0 aliphatic heterocycles. The third-order valence-electron chi connectivity index (χ3n) is 3.65. The number of ether oxygens (including phenoxy) is 1. The second-order valence-electron chi connectivity index (χ2n) is 5.52. The molecule has 3 aromatic carbocycles. The van der Waals surface area contributed by atoms with Crippen LogP contribution in [0.25, 0.3) is 0 Å². The van der Waals surface area contributed by atoms with E-state index in [0.717, 1.165) is 16.8 Å². The van der Waals surface area contributed by atoms with Gasteiger partial charge in [-0.3, -0.25) is 0 Å². The van der Waals surface area contributed by atoms with Crippen molar-refractivity contribution in [3.8, 4) is 5.75 Å². The van der Waals surface area contributed by atoms with Crippen molar-refractivity contribution in [1.82, 2.24) is 0 Å². The van der Waals surface area contributed by atoms with Crippen LogP contribution in [0.3, 0.4) is 0 Å². The molecule has 0 atom stereocenters. The number of rotatable bonds is 6. The van der Waals surface area contributed by atoms with Crippen LogP contribution in [0.2, 0.25) is 15.1 Å². The van der Waals surface area contributed by atoms with E-state index in [1.54, 1.807) is 12.1 Å². The standard InChI is InChI=1S/C20H16Cl3NO/c21-16-7-8-19(17(22)11-16)24-12-15-6-9-20(18(23)10-15)25-13-14-4-2-1-3-5-14/h1-11,24H,12-13H2. The van der Waals surface area contributed by atoms with E-state index in [1.165, 1.54) is 0 Å². The normalized spacial score (nSPS) is 10.5. The highest BCUT2D eigenvalue weighted by Gasteiger charge is 2.05. The molecule has 25 heavy (non-hydrogen) atoms. The lowest BCUT2D eigenvalue weighted by atomic mass is 10.2. The third kappa shape index (κ3) is 5.05. The Hall–Kier alpha value is -1.87. The molecule has 1 N–H and O–H groups in total. The van der Waals surface area contributed by atoms with Gasteiger partial charge in [-0.1, -0.05) is 71.2 Å². The second-order valence-corrected chi connectivity index (χ2v) is 6.77. The van der Waals surface area contributed by atoms with Gasteiger partial charge in [0.05, 0.1) is 15.7 Å². The van der Waals surface area contributed by atoms with Crippen molar-refractivity contribution < 1.29 is 4.74 Å². The summed E-state index contributed by atoms with van der Waals surface area (Å²) in [6.45, 7) is 1.08. The Labute approximate surface area is 162 Å². The van der Waals surface area contributed by atoms with Gasteiger partial charge in [-0.2, -0.15) is 0 Å². The maximum Gasteiger partial charge on any atom is 0.138 e. The van der Waals surface area contributed by atoms with Crippen LogP contribution >= 0.6 is 34.8 Å². The smallest absolute Gasteiger partial charge is 0.138 e. The zero-order valence-corrected chi connectivity index (χ0v) is 15.6. The molecule has 0 radical (unpaired) electrons. The molecule has 5 heteroatoms. The highest BCUT2D eigenvalue weighted by molar-refractivity contribution is 6.36. The fourth-order valence-corrected chi connectivity index (χ4v) is 3.07. The van der Waals surface area contributed by atoms with Crippen molar-refractivity contribution in [3.05, 3.63) is 92.9 Å². The number of anilines is 1. The molecule has 0 saturated carbocycles. The Bertz CT molecular complexity index is 853. The monoisotopic (exact) mass is 391 g/mol. The van der Waals surface area contributed by atoms with Gasteiger partial charge < -0.3 is 10.1 Å². The highest BCUT2D eigenvalue weighted by atomic mass is 35.5. The molecule has 0 saturated heterocycles. The Morgan fingerprint density at radius 1 is 0.760 bits per heavy atom. The molecule has 0 bridgehead atoms. The largest absolute Gasteiger partial charge is 0.487 e. The van der Waals surface area contributed by atoms with Crippen LogP contribution in [0.5, 0.6) is 5.75 Å². The maximum absolute atomic E-state index is 6.33. The van der Waals surface area contributed by atoms with Crippen LogP contribution in [-0.4, -0.2) is 0 Å². The minimum Gasteiger partial charge on any atom is -0.487 e. The molecule has 3 rings (SSSR count). The van der Waals surface area contributed by atoms with Crippen molar-refractivity contribution >= 4 is 40.5 Å². The predicted octanol–water partition coefficient (Wildman–Crippen LogP) is 6.84. The average Bonchev–Trinajstić information content (AvgIpc) is 2.61. The van der Waals surface area contributed by atoms with Gasteiger partial charge in [0.15, 0.2) is 0 Å². The number of hydrogen-bond donors (Lipinski definition) is 1. The molecular weight excluding hydrogens is 377 g/mol. The van der Waals surface area contributed by atoms with Crippen LogP contribution in [0.4, 0.5) is 5.69 Å². The molecule has 3 aromatic rings. The summed E-state index contributed by atoms with van der Waals surface area (Å²) in [5.41, 5.74) is 2.95. The quantitative estimate of drug-likeness (QED) is 0.496. The second kappa shape index (κ2) is 8.48. The third-order valence-corrected chi connectivity index (χ3v) is 4.49. The molecule has 0 heterocycles. The first-order valence-corrected chi connectivity index (χ1v) is 8.89. The minimum atomic E-state index is 0.485. The van der Waals surface area contributed by atoms with E-state index in [2.05, 4.69) is 5.32 Å². The maximum atomic E-state index is 6.33. The topological polar surface area (TPSA) is 21.3 Å². The minimum absolute atomic E-state index is 0.485. The van der Waals surface area contributed by atoms with E-state index in [1.807, 2.05) is 54.6 Å². The van der Waals surface area contributed by atoms with E-state index in [0.29, 0.717) is 34.0 Å². The Kier molecular flexibility index (Phi) is 6.09. The Morgan fingerprint density at radius 3 is 2.28 bits per heavy atom. The van der Waals surface area contributed by atoms with E-state index in [4.69, 9.17) is 39.5 Å². The van der Waals surface area contributed by atoms with Crippen molar-refractivity contribution in [2.24, 2.45) is 0 Å². The molecule has 0 amide bonds. The van der Waals surface area contributed by atoms with Crippen molar-refractivity contribution in [2.75, 3.05) is 5.32 Å². The fourth-order valence-electron chi connectivity index (χ4n) is 2.34. The molecule has 0 aliphatic rings. The molecule has 0 unspecified atom stereocenters. The Morgan fingerprint density at radius 2 is 1.56 bits per heavy atom. The van der Waals surface area contributed by atoms with E-state index in [-0.39, 0.29) is 0 Å². The van der Waals surface area contributed by atoms with Crippen LogP contribution in [-0.2, 0) is 13.2 Å². The first-order valence-electron chi connectivity index (χ1n) is 7.76. The molecule has 0 aromatic heterocycles. The summed E-state index contributed by atoms with van der Waals surface area (Å²) < 4.78 is 5.78. The Balaban J connectivity index is 1.61. The lowest BCUT2D eigenvalue weighted by Crippen LogP contribution is -2.01. The zero-order chi connectivity index (χ0) is 17.6. The van der Waals surface area contributed by atoms with E-state index < -0.39 is 0 Å². The molecule has 0 aliphatic carbocycles. The van der Waals surface area contributed by atoms with Crippen LogP contribution in [0.15, 0.2) is 66.7 Å². The predicted molar refractivity (Wildman–Crippen MR) is 106 cm³/mol. The van der Waals surface area contributed by atoms with Gasteiger partial charge in [0.25, 0.3) is 0 Å². The summed E-state index contributed by atoms with van der Waals surface area (Å²) in [5.74, 6) is 0.666. The van der Waals surface area contributed by atoms with Gasteiger partial charge >= 0.3 is 0 Å². The van der Waals surface area contributed by atoms with Crippen molar-refractivity contribution in [1.29, 1.82) is 0 Å².